The Morgan fingerprint density at radius 3 is 1.82 bits per heavy atom. The van der Waals surface area contributed by atoms with Gasteiger partial charge < -0.3 is 5.11 Å². The highest BCUT2D eigenvalue weighted by atomic mass is 79.9. The zero-order valence-corrected chi connectivity index (χ0v) is 12.3. The van der Waals surface area contributed by atoms with Crippen molar-refractivity contribution in [2.45, 2.75) is 10.7 Å². The van der Waals surface area contributed by atoms with E-state index in [2.05, 4.69) is 44.0 Å². The first-order chi connectivity index (χ1) is 8.26. The molecule has 0 fully saturated rings. The van der Waals surface area contributed by atoms with Crippen LogP contribution in [-0.2, 0) is 10.7 Å². The van der Waals surface area contributed by atoms with Crippen molar-refractivity contribution in [2.24, 2.45) is 0 Å². The summed E-state index contributed by atoms with van der Waals surface area (Å²) >= 11 is 6.81. The van der Waals surface area contributed by atoms with Crippen LogP contribution in [0.3, 0.4) is 0 Å². The Balaban J connectivity index is 2.56. The van der Waals surface area contributed by atoms with Crippen LogP contribution in [0.5, 0.6) is 5.75 Å². The maximum atomic E-state index is 10.0. The summed E-state index contributed by atoms with van der Waals surface area (Å²) in [6.07, 6.45) is 0. The van der Waals surface area contributed by atoms with Gasteiger partial charge in [0, 0.05) is 21.8 Å². The number of rotatable bonds is 3. The molecule has 0 unspecified atom stereocenters. The Hall–Kier alpha value is -0.800. The molecule has 0 aliphatic carbocycles. The first-order valence-electron chi connectivity index (χ1n) is 5.28. The fourth-order valence-corrected chi connectivity index (χ4v) is 2.62. The average Bonchev–Trinajstić information content (AvgIpc) is 2.40. The molecular formula is C14H12Br2O. The van der Waals surface area contributed by atoms with Crippen molar-refractivity contribution >= 4 is 31.9 Å². The largest absolute Gasteiger partial charge is 0.507 e. The number of alkyl halides is 2. The van der Waals surface area contributed by atoms with Gasteiger partial charge in [-0.1, -0.05) is 62.2 Å². The topological polar surface area (TPSA) is 20.2 Å². The van der Waals surface area contributed by atoms with Gasteiger partial charge in [-0.25, -0.2) is 0 Å². The number of phenols is 1. The average molecular weight is 356 g/mol. The summed E-state index contributed by atoms with van der Waals surface area (Å²) in [5.74, 6) is 0.374. The van der Waals surface area contributed by atoms with E-state index in [-0.39, 0.29) is 0 Å². The molecule has 1 nitrogen and oxygen atoms in total. The summed E-state index contributed by atoms with van der Waals surface area (Å²) in [6.45, 7) is 0. The van der Waals surface area contributed by atoms with Crippen molar-refractivity contribution in [2.75, 3.05) is 0 Å². The second-order valence-electron chi connectivity index (χ2n) is 3.78. The molecule has 0 radical (unpaired) electrons. The van der Waals surface area contributed by atoms with Crippen molar-refractivity contribution < 1.29 is 5.11 Å². The molecule has 0 saturated carbocycles. The summed E-state index contributed by atoms with van der Waals surface area (Å²) in [7, 11) is 0. The molecule has 0 aliphatic rings. The maximum absolute atomic E-state index is 10.0. The van der Waals surface area contributed by atoms with E-state index in [4.69, 9.17) is 0 Å². The summed E-state index contributed by atoms with van der Waals surface area (Å²) in [4.78, 5) is 0. The Morgan fingerprint density at radius 2 is 1.35 bits per heavy atom. The number of benzene rings is 2. The van der Waals surface area contributed by atoms with Gasteiger partial charge in [-0.15, -0.1) is 0 Å². The molecule has 0 saturated heterocycles. The van der Waals surface area contributed by atoms with Gasteiger partial charge in [0.05, 0.1) is 0 Å². The van der Waals surface area contributed by atoms with Crippen molar-refractivity contribution in [1.29, 1.82) is 0 Å². The molecule has 0 spiro atoms. The molecule has 17 heavy (non-hydrogen) atoms. The first-order valence-corrected chi connectivity index (χ1v) is 7.52. The summed E-state index contributed by atoms with van der Waals surface area (Å²) in [5.41, 5.74) is 4.13. The smallest absolute Gasteiger partial charge is 0.123 e. The molecule has 0 bridgehead atoms. The standard InChI is InChI=1S/C14H12Br2O/c15-8-12-6-11(7-13(9-16)14(12)17)10-4-2-1-3-5-10/h1-7,17H,8-9H2. The molecule has 0 aromatic heterocycles. The summed E-state index contributed by atoms with van der Waals surface area (Å²) in [5, 5.41) is 11.3. The fraction of sp³-hybridized carbons (Fsp3) is 0.143. The molecule has 2 aromatic carbocycles. The molecule has 1 N–H and O–H groups in total. The number of hydrogen-bond acceptors (Lipinski definition) is 1. The van der Waals surface area contributed by atoms with Gasteiger partial charge in [0.15, 0.2) is 0 Å². The quantitative estimate of drug-likeness (QED) is 0.780. The van der Waals surface area contributed by atoms with Gasteiger partial charge >= 0.3 is 0 Å². The van der Waals surface area contributed by atoms with E-state index < -0.39 is 0 Å². The highest BCUT2D eigenvalue weighted by Crippen LogP contribution is 2.32. The molecule has 0 heterocycles. The lowest BCUT2D eigenvalue weighted by Gasteiger charge is -2.10. The van der Waals surface area contributed by atoms with E-state index in [1.54, 1.807) is 0 Å². The van der Waals surface area contributed by atoms with Crippen LogP contribution in [-0.4, -0.2) is 5.11 Å². The van der Waals surface area contributed by atoms with E-state index in [0.717, 1.165) is 22.3 Å². The van der Waals surface area contributed by atoms with E-state index in [1.165, 1.54) is 0 Å². The monoisotopic (exact) mass is 354 g/mol. The Labute approximate surface area is 118 Å². The Kier molecular flexibility index (Phi) is 4.24. The van der Waals surface area contributed by atoms with E-state index >= 15 is 0 Å². The molecule has 0 aliphatic heterocycles. The SMILES string of the molecule is Oc1c(CBr)cc(-c2ccccc2)cc1CBr. The molecule has 2 rings (SSSR count). The van der Waals surface area contributed by atoms with Gasteiger partial charge in [-0.3, -0.25) is 0 Å². The minimum absolute atomic E-state index is 0.374. The minimum Gasteiger partial charge on any atom is -0.507 e. The molecule has 88 valence electrons. The zero-order valence-electron chi connectivity index (χ0n) is 9.16. The highest BCUT2D eigenvalue weighted by Gasteiger charge is 2.09. The summed E-state index contributed by atoms with van der Waals surface area (Å²) < 4.78 is 0. The van der Waals surface area contributed by atoms with Crippen LogP contribution in [0.15, 0.2) is 42.5 Å². The Morgan fingerprint density at radius 1 is 0.824 bits per heavy atom. The number of halogens is 2. The van der Waals surface area contributed by atoms with Crippen LogP contribution in [0, 0.1) is 0 Å². The second-order valence-corrected chi connectivity index (χ2v) is 4.90. The van der Waals surface area contributed by atoms with E-state index in [0.29, 0.717) is 16.4 Å². The van der Waals surface area contributed by atoms with Gasteiger partial charge in [0.25, 0.3) is 0 Å². The number of phenolic OH excluding ortho intramolecular Hbond substituents is 1. The lowest BCUT2D eigenvalue weighted by Crippen LogP contribution is -1.89. The van der Waals surface area contributed by atoms with Crippen molar-refractivity contribution in [1.82, 2.24) is 0 Å². The van der Waals surface area contributed by atoms with Crippen molar-refractivity contribution in [3.05, 3.63) is 53.6 Å². The maximum Gasteiger partial charge on any atom is 0.123 e. The lowest BCUT2D eigenvalue weighted by atomic mass is 10.00. The predicted octanol–water partition coefficient (Wildman–Crippen LogP) is 4.85. The van der Waals surface area contributed by atoms with Gasteiger partial charge in [0.1, 0.15) is 5.75 Å². The van der Waals surface area contributed by atoms with Gasteiger partial charge in [0.2, 0.25) is 0 Å². The second kappa shape index (κ2) is 5.69. The third kappa shape index (κ3) is 2.72. The third-order valence-corrected chi connectivity index (χ3v) is 3.87. The molecule has 3 heteroatoms. The molecule has 0 atom stereocenters. The van der Waals surface area contributed by atoms with Crippen molar-refractivity contribution in [3.8, 4) is 16.9 Å². The zero-order chi connectivity index (χ0) is 12.3. The lowest BCUT2D eigenvalue weighted by molar-refractivity contribution is 0.466. The van der Waals surface area contributed by atoms with Crippen LogP contribution in [0.2, 0.25) is 0 Å². The normalized spacial score (nSPS) is 10.5. The van der Waals surface area contributed by atoms with Crippen molar-refractivity contribution in [3.63, 3.8) is 0 Å². The van der Waals surface area contributed by atoms with E-state index in [9.17, 15) is 5.11 Å². The van der Waals surface area contributed by atoms with Crippen LogP contribution < -0.4 is 0 Å². The van der Waals surface area contributed by atoms with Gasteiger partial charge in [-0.05, 0) is 23.3 Å². The van der Waals surface area contributed by atoms with Gasteiger partial charge in [-0.2, -0.15) is 0 Å². The minimum atomic E-state index is 0.374. The molecule has 0 amide bonds. The number of aromatic hydroxyl groups is 1. The van der Waals surface area contributed by atoms with E-state index in [1.807, 2.05) is 30.3 Å². The molecule has 2 aromatic rings. The number of hydrogen-bond donors (Lipinski definition) is 1. The van der Waals surface area contributed by atoms with Crippen LogP contribution in [0.4, 0.5) is 0 Å². The van der Waals surface area contributed by atoms with Crippen LogP contribution in [0.1, 0.15) is 11.1 Å². The van der Waals surface area contributed by atoms with Crippen LogP contribution >= 0.6 is 31.9 Å². The fourth-order valence-electron chi connectivity index (χ4n) is 1.76. The van der Waals surface area contributed by atoms with Crippen LogP contribution in [0.25, 0.3) is 11.1 Å². The summed E-state index contributed by atoms with van der Waals surface area (Å²) in [6, 6.07) is 14.2. The first kappa shape index (κ1) is 12.7. The predicted molar refractivity (Wildman–Crippen MR) is 78.8 cm³/mol. The third-order valence-electron chi connectivity index (χ3n) is 2.66. The Bertz CT molecular complexity index is 484. The molecular weight excluding hydrogens is 344 g/mol. The highest BCUT2D eigenvalue weighted by molar-refractivity contribution is 9.08.